The Bertz CT molecular complexity index is 722. The fourth-order valence-electron chi connectivity index (χ4n) is 2.54. The van der Waals surface area contributed by atoms with E-state index in [1.165, 1.54) is 12.5 Å². The molecule has 0 amide bonds. The second-order valence-corrected chi connectivity index (χ2v) is 6.34. The van der Waals surface area contributed by atoms with Crippen LogP contribution in [0.25, 0.3) is 0 Å². The van der Waals surface area contributed by atoms with Gasteiger partial charge in [-0.1, -0.05) is 41.4 Å². The van der Waals surface area contributed by atoms with E-state index >= 15 is 0 Å². The van der Waals surface area contributed by atoms with Gasteiger partial charge in [0.1, 0.15) is 17.6 Å². The molecule has 5 heteroatoms. The molecule has 1 saturated heterocycles. The number of cyclic esters (lactones) is 1. The second kappa shape index (κ2) is 8.67. The quantitative estimate of drug-likeness (QED) is 0.754. The number of benzene rings is 2. The molecule has 0 aliphatic carbocycles. The summed E-state index contributed by atoms with van der Waals surface area (Å²) in [5.74, 6) is 0.209. The normalized spacial score (nSPS) is 18.8. The van der Waals surface area contributed by atoms with Crippen LogP contribution in [0, 0.1) is 12.8 Å². The van der Waals surface area contributed by atoms with E-state index in [9.17, 15) is 9.59 Å². The van der Waals surface area contributed by atoms with Crippen molar-refractivity contribution >= 4 is 23.4 Å². The number of methoxy groups -OCH3 is 1. The van der Waals surface area contributed by atoms with Gasteiger partial charge in [-0.2, -0.15) is 0 Å². The lowest BCUT2D eigenvalue weighted by molar-refractivity contribution is -0.141. The summed E-state index contributed by atoms with van der Waals surface area (Å²) in [7, 11) is 1.67. The molecule has 1 fully saturated rings. The highest BCUT2D eigenvalue weighted by molar-refractivity contribution is 6.30. The molecule has 1 heterocycles. The van der Waals surface area contributed by atoms with Gasteiger partial charge < -0.3 is 9.47 Å². The zero-order chi connectivity index (χ0) is 18.4. The number of halogens is 1. The zero-order valence-electron chi connectivity index (χ0n) is 14.5. The number of rotatable bonds is 3. The van der Waals surface area contributed by atoms with Crippen molar-refractivity contribution in [3.8, 4) is 5.75 Å². The first-order valence-electron chi connectivity index (χ1n) is 7.96. The fraction of sp³-hybridized carbons (Fsp3) is 0.300. The molecule has 2 aromatic carbocycles. The first kappa shape index (κ1) is 19.0. The van der Waals surface area contributed by atoms with Gasteiger partial charge in [0.05, 0.1) is 19.4 Å². The molecule has 0 N–H and O–H groups in total. The van der Waals surface area contributed by atoms with Crippen LogP contribution in [0.1, 0.15) is 30.6 Å². The zero-order valence-corrected chi connectivity index (χ0v) is 15.2. The van der Waals surface area contributed by atoms with E-state index in [0.29, 0.717) is 5.02 Å². The average Bonchev–Trinajstić information content (AvgIpc) is 2.99. The second-order valence-electron chi connectivity index (χ2n) is 5.90. The van der Waals surface area contributed by atoms with Crippen molar-refractivity contribution in [1.82, 2.24) is 0 Å². The predicted octanol–water partition coefficient (Wildman–Crippen LogP) is 4.54. The molecular weight excluding hydrogens is 340 g/mol. The number of carbonyl (C=O) groups excluding carboxylic acids is 2. The van der Waals surface area contributed by atoms with Crippen LogP contribution < -0.4 is 4.74 Å². The van der Waals surface area contributed by atoms with Crippen molar-refractivity contribution in [3.05, 3.63) is 64.7 Å². The summed E-state index contributed by atoms with van der Waals surface area (Å²) < 4.78 is 10.1. The Hall–Kier alpha value is -2.33. The molecule has 1 aliphatic heterocycles. The van der Waals surface area contributed by atoms with Crippen molar-refractivity contribution in [2.45, 2.75) is 26.4 Å². The largest absolute Gasteiger partial charge is 0.497 e. The van der Waals surface area contributed by atoms with Crippen LogP contribution in [-0.2, 0) is 14.3 Å². The van der Waals surface area contributed by atoms with Gasteiger partial charge in [-0.3, -0.25) is 9.59 Å². The Kier molecular flexibility index (Phi) is 6.59. The number of Topliss-reactive ketones (excluding diaryl/α,β-unsaturated/α-hetero) is 1. The van der Waals surface area contributed by atoms with Gasteiger partial charge in [-0.25, -0.2) is 0 Å². The van der Waals surface area contributed by atoms with E-state index in [1.54, 1.807) is 31.4 Å². The van der Waals surface area contributed by atoms with Gasteiger partial charge in [-0.05, 0) is 43.7 Å². The molecule has 1 aliphatic rings. The van der Waals surface area contributed by atoms with Crippen molar-refractivity contribution in [2.24, 2.45) is 5.92 Å². The summed E-state index contributed by atoms with van der Waals surface area (Å²) in [5, 5.41) is 0.618. The van der Waals surface area contributed by atoms with Crippen LogP contribution in [0.4, 0.5) is 0 Å². The Morgan fingerprint density at radius 1 is 1.12 bits per heavy atom. The van der Waals surface area contributed by atoms with Crippen molar-refractivity contribution < 1.29 is 19.1 Å². The monoisotopic (exact) mass is 360 g/mol. The number of ether oxygens (including phenoxy) is 2. The molecule has 132 valence electrons. The molecule has 0 saturated carbocycles. The van der Waals surface area contributed by atoms with Crippen LogP contribution in [0.15, 0.2) is 48.5 Å². The molecule has 2 unspecified atom stereocenters. The number of ketones is 1. The number of aryl methyl sites for hydroxylation is 1. The minimum atomic E-state index is -0.456. The summed E-state index contributed by atoms with van der Waals surface area (Å²) in [6.07, 6.45) is -0.287. The third kappa shape index (κ3) is 5.33. The summed E-state index contributed by atoms with van der Waals surface area (Å²) in [4.78, 5) is 22.6. The van der Waals surface area contributed by atoms with Gasteiger partial charge in [0, 0.05) is 5.02 Å². The lowest BCUT2D eigenvalue weighted by Gasteiger charge is -2.15. The first-order valence-corrected chi connectivity index (χ1v) is 8.34. The van der Waals surface area contributed by atoms with Crippen molar-refractivity contribution in [3.63, 3.8) is 0 Å². The minimum Gasteiger partial charge on any atom is -0.497 e. The third-order valence-corrected chi connectivity index (χ3v) is 4.24. The molecule has 0 radical (unpaired) electrons. The van der Waals surface area contributed by atoms with Gasteiger partial charge in [0.2, 0.25) is 0 Å². The molecule has 3 rings (SSSR count). The number of hydrogen-bond donors (Lipinski definition) is 0. The Balaban J connectivity index is 0.000000212. The highest BCUT2D eigenvalue weighted by atomic mass is 35.5. The maximum absolute atomic E-state index is 11.4. The van der Waals surface area contributed by atoms with E-state index in [1.807, 2.05) is 24.3 Å². The van der Waals surface area contributed by atoms with Crippen LogP contribution in [0.2, 0.25) is 5.02 Å². The van der Waals surface area contributed by atoms with Gasteiger partial charge >= 0.3 is 5.97 Å². The smallest absolute Gasteiger partial charge is 0.307 e. The SMILES string of the molecule is CC(=O)C1CC(=O)OC1c1ccc(Cl)cc1.COc1ccc(C)cc1. The summed E-state index contributed by atoms with van der Waals surface area (Å²) in [5.41, 5.74) is 2.08. The van der Waals surface area contributed by atoms with E-state index in [4.69, 9.17) is 21.1 Å². The van der Waals surface area contributed by atoms with E-state index in [-0.39, 0.29) is 24.1 Å². The summed E-state index contributed by atoms with van der Waals surface area (Å²) in [6, 6.07) is 15.0. The van der Waals surface area contributed by atoms with Crippen molar-refractivity contribution in [1.29, 1.82) is 0 Å². The van der Waals surface area contributed by atoms with Crippen LogP contribution in [0.5, 0.6) is 5.75 Å². The molecule has 4 nitrogen and oxygen atoms in total. The van der Waals surface area contributed by atoms with Crippen molar-refractivity contribution in [2.75, 3.05) is 7.11 Å². The van der Waals surface area contributed by atoms with E-state index in [2.05, 4.69) is 6.92 Å². The molecule has 0 aromatic heterocycles. The van der Waals surface area contributed by atoms with E-state index in [0.717, 1.165) is 11.3 Å². The fourth-order valence-corrected chi connectivity index (χ4v) is 2.67. The Morgan fingerprint density at radius 2 is 1.72 bits per heavy atom. The van der Waals surface area contributed by atoms with Gasteiger partial charge in [0.25, 0.3) is 0 Å². The Labute approximate surface area is 152 Å². The van der Waals surface area contributed by atoms with Crippen LogP contribution in [0.3, 0.4) is 0 Å². The number of hydrogen-bond acceptors (Lipinski definition) is 4. The Morgan fingerprint density at radius 3 is 2.24 bits per heavy atom. The maximum Gasteiger partial charge on any atom is 0.307 e. The molecule has 2 aromatic rings. The molecule has 25 heavy (non-hydrogen) atoms. The molecule has 2 atom stereocenters. The lowest BCUT2D eigenvalue weighted by Crippen LogP contribution is -2.15. The molecule has 0 bridgehead atoms. The lowest BCUT2D eigenvalue weighted by atomic mass is 9.92. The number of carbonyl (C=O) groups is 2. The summed E-state index contributed by atoms with van der Waals surface area (Å²) >= 11 is 5.77. The molecular formula is C20H21ClO4. The van der Waals surface area contributed by atoms with Crippen LogP contribution in [-0.4, -0.2) is 18.9 Å². The predicted molar refractivity (Wildman–Crippen MR) is 96.8 cm³/mol. The van der Waals surface area contributed by atoms with Gasteiger partial charge in [0.15, 0.2) is 0 Å². The summed E-state index contributed by atoms with van der Waals surface area (Å²) in [6.45, 7) is 3.54. The minimum absolute atomic E-state index is 0.0224. The van der Waals surface area contributed by atoms with E-state index < -0.39 is 6.10 Å². The van der Waals surface area contributed by atoms with Gasteiger partial charge in [-0.15, -0.1) is 0 Å². The average molecular weight is 361 g/mol. The number of esters is 1. The topological polar surface area (TPSA) is 52.6 Å². The highest BCUT2D eigenvalue weighted by Crippen LogP contribution is 2.36. The van der Waals surface area contributed by atoms with Crippen LogP contribution >= 0.6 is 11.6 Å². The first-order chi connectivity index (χ1) is 11.9. The third-order valence-electron chi connectivity index (χ3n) is 3.99. The maximum atomic E-state index is 11.4. The standard InChI is InChI=1S/C12H11ClO3.C8H10O/c1-7(14)10-6-11(15)16-12(10)8-2-4-9(13)5-3-8;1-7-3-5-8(9-2)6-4-7/h2-5,10,12H,6H2,1H3;3-6H,1-2H3. The highest BCUT2D eigenvalue weighted by Gasteiger charge is 2.38. The molecule has 0 spiro atoms.